The van der Waals surface area contributed by atoms with Crippen LogP contribution in [0.2, 0.25) is 0 Å². The van der Waals surface area contributed by atoms with Gasteiger partial charge in [-0.2, -0.15) is 0 Å². The standard InChI is InChI=1S/C73H59N5/c1-3-18-50(19-4-1)64-46-71(75-73(74-64)51-20-5-2-6-21-51)78-68-38-35-57(76-65-27-13-11-25-59(65)61-43-55(34-37-67(61)76)54-33-32-49-17-8-10-23-53(49)42-54)44-62(68)63-45-58(36-39-69(63)78)77-66-28-14-12-26-60(66)72-56(24-15-29-70(72)77)41-47-30-31-48-16-7-9-22-52(48)40-47/h1-13,15-23,25-27,29-34,36-37,39-40,42-45,56,59-60,65-66,71H,14,24,28,35,38,41,46H2. The van der Waals surface area contributed by atoms with Crippen molar-refractivity contribution in [2.24, 2.45) is 21.8 Å². The summed E-state index contributed by atoms with van der Waals surface area (Å²) in [5.74, 6) is 1.88. The van der Waals surface area contributed by atoms with Gasteiger partial charge in [0, 0.05) is 69.3 Å². The van der Waals surface area contributed by atoms with Crippen LogP contribution < -0.4 is 9.80 Å². The van der Waals surface area contributed by atoms with E-state index in [0.29, 0.717) is 24.3 Å². The van der Waals surface area contributed by atoms with Crippen LogP contribution in [0.1, 0.15) is 77.7 Å². The summed E-state index contributed by atoms with van der Waals surface area (Å²) in [6, 6.07) is 68.0. The molecule has 376 valence electrons. The van der Waals surface area contributed by atoms with E-state index in [-0.39, 0.29) is 18.1 Å². The van der Waals surface area contributed by atoms with Gasteiger partial charge in [0.1, 0.15) is 6.17 Å². The first-order chi connectivity index (χ1) is 38.6. The molecule has 9 aromatic rings. The zero-order valence-corrected chi connectivity index (χ0v) is 43.7. The normalized spacial score (nSPS) is 22.8. The van der Waals surface area contributed by atoms with Gasteiger partial charge in [0.2, 0.25) is 0 Å². The van der Waals surface area contributed by atoms with Crippen LogP contribution in [0.25, 0.3) is 49.7 Å². The average Bonchev–Trinajstić information content (AvgIpc) is 4.31. The van der Waals surface area contributed by atoms with Crippen LogP contribution in [0.4, 0.5) is 11.4 Å². The third-order valence-electron chi connectivity index (χ3n) is 18.2. The smallest absolute Gasteiger partial charge is 0.156 e. The summed E-state index contributed by atoms with van der Waals surface area (Å²) in [4.78, 5) is 16.4. The molecule has 0 amide bonds. The summed E-state index contributed by atoms with van der Waals surface area (Å²) >= 11 is 0. The van der Waals surface area contributed by atoms with Crippen LogP contribution in [0, 0.1) is 11.8 Å². The van der Waals surface area contributed by atoms with Crippen molar-refractivity contribution in [1.82, 2.24) is 4.57 Å². The van der Waals surface area contributed by atoms with Crippen LogP contribution in [0.15, 0.2) is 258 Å². The summed E-state index contributed by atoms with van der Waals surface area (Å²) in [6.45, 7) is 0. The lowest BCUT2D eigenvalue weighted by atomic mass is 9.76. The van der Waals surface area contributed by atoms with Gasteiger partial charge in [-0.1, -0.05) is 188 Å². The molecule has 6 unspecified atom stereocenters. The largest absolute Gasteiger partial charge is 0.337 e. The highest BCUT2D eigenvalue weighted by Gasteiger charge is 2.44. The molecule has 1 aromatic heterocycles. The molecule has 3 aliphatic heterocycles. The van der Waals surface area contributed by atoms with Gasteiger partial charge in [0.15, 0.2) is 5.84 Å². The predicted octanol–water partition coefficient (Wildman–Crippen LogP) is 17.1. The monoisotopic (exact) mass is 1010 g/mol. The molecule has 0 radical (unpaired) electrons. The molecule has 78 heavy (non-hydrogen) atoms. The second kappa shape index (κ2) is 18.5. The lowest BCUT2D eigenvalue weighted by Crippen LogP contribution is -2.34. The van der Waals surface area contributed by atoms with Gasteiger partial charge in [-0.3, -0.25) is 0 Å². The zero-order chi connectivity index (χ0) is 51.3. The Morgan fingerprint density at radius 3 is 2.17 bits per heavy atom. The van der Waals surface area contributed by atoms with Crippen molar-refractivity contribution in [2.75, 3.05) is 9.80 Å². The van der Waals surface area contributed by atoms with Gasteiger partial charge in [0.05, 0.1) is 17.3 Å². The maximum Gasteiger partial charge on any atom is 0.156 e. The maximum absolute atomic E-state index is 5.64. The molecule has 16 rings (SSSR count). The van der Waals surface area contributed by atoms with Gasteiger partial charge in [-0.05, 0) is 148 Å². The van der Waals surface area contributed by atoms with Crippen molar-refractivity contribution in [3.05, 3.63) is 281 Å². The zero-order valence-electron chi connectivity index (χ0n) is 43.7. The summed E-state index contributed by atoms with van der Waals surface area (Å²) in [5, 5.41) is 6.47. The molecule has 7 aliphatic rings. The molecule has 4 aliphatic carbocycles. The Bertz CT molecular complexity index is 4180. The first kappa shape index (κ1) is 45.4. The minimum absolute atomic E-state index is 0.178. The number of aliphatic imine (C=N–C) groups is 2. The first-order valence-electron chi connectivity index (χ1n) is 28.4. The van der Waals surface area contributed by atoms with E-state index in [9.17, 15) is 0 Å². The SMILES string of the molecule is C1=CC2c3cc(-c4ccc5ccccc5c4)ccc3N(C3=Cc4c(n(C5CC(c6ccccc6)=NC(c6ccccc6)=N5)c5ccc(N6C7=C(C(Cc8ccc9ccccc9c8)CC=C7)C7C=CCCC76)cc45)CC3)C2C=C1. The van der Waals surface area contributed by atoms with Gasteiger partial charge >= 0.3 is 0 Å². The van der Waals surface area contributed by atoms with Crippen LogP contribution >= 0.6 is 0 Å². The van der Waals surface area contributed by atoms with Crippen molar-refractivity contribution >= 4 is 61.4 Å². The number of aromatic nitrogens is 1. The number of amidine groups is 1. The van der Waals surface area contributed by atoms with E-state index >= 15 is 0 Å². The Morgan fingerprint density at radius 2 is 1.32 bits per heavy atom. The van der Waals surface area contributed by atoms with Crippen molar-refractivity contribution in [2.45, 2.75) is 69.1 Å². The summed E-state index contributed by atoms with van der Waals surface area (Å²) in [7, 11) is 0. The van der Waals surface area contributed by atoms with Gasteiger partial charge < -0.3 is 14.4 Å². The number of nitrogens with zero attached hydrogens (tertiary/aromatic N) is 5. The number of benzene rings is 8. The van der Waals surface area contributed by atoms with Gasteiger partial charge in [-0.15, -0.1) is 0 Å². The predicted molar refractivity (Wildman–Crippen MR) is 325 cm³/mol. The molecule has 0 spiro atoms. The number of hydrogen-bond acceptors (Lipinski definition) is 4. The van der Waals surface area contributed by atoms with Crippen molar-refractivity contribution < 1.29 is 0 Å². The molecule has 5 heteroatoms. The minimum Gasteiger partial charge on any atom is -0.337 e. The van der Waals surface area contributed by atoms with E-state index in [1.54, 1.807) is 5.57 Å². The Hall–Kier alpha value is -8.80. The summed E-state index contributed by atoms with van der Waals surface area (Å²) in [5.41, 5.74) is 19.5. The molecule has 4 heterocycles. The first-order valence-corrected chi connectivity index (χ1v) is 28.4. The second-order valence-corrected chi connectivity index (χ2v) is 22.5. The van der Waals surface area contributed by atoms with Crippen molar-refractivity contribution in [3.63, 3.8) is 0 Å². The maximum atomic E-state index is 5.64. The van der Waals surface area contributed by atoms with E-state index in [1.807, 2.05) is 0 Å². The van der Waals surface area contributed by atoms with Crippen molar-refractivity contribution in [1.29, 1.82) is 0 Å². The van der Waals surface area contributed by atoms with Crippen LogP contribution in [0.5, 0.6) is 0 Å². The van der Waals surface area contributed by atoms with E-state index in [4.69, 9.17) is 9.98 Å². The topological polar surface area (TPSA) is 36.1 Å². The quantitative estimate of drug-likeness (QED) is 0.142. The molecule has 5 nitrogen and oxygen atoms in total. The van der Waals surface area contributed by atoms with Crippen LogP contribution in [-0.4, -0.2) is 28.2 Å². The molecule has 0 N–H and O–H groups in total. The van der Waals surface area contributed by atoms with Gasteiger partial charge in [0.25, 0.3) is 0 Å². The average molecular weight is 1010 g/mol. The fourth-order valence-electron chi connectivity index (χ4n) is 14.6. The molecule has 0 bridgehead atoms. The van der Waals surface area contributed by atoms with Crippen molar-refractivity contribution in [3.8, 4) is 11.1 Å². The number of rotatable bonds is 8. The molecule has 0 saturated heterocycles. The minimum atomic E-state index is -0.178. The Morgan fingerprint density at radius 1 is 0.577 bits per heavy atom. The highest BCUT2D eigenvalue weighted by molar-refractivity contribution is 6.14. The number of allylic oxidation sites excluding steroid dienone is 6. The molecule has 0 fully saturated rings. The molecule has 0 saturated carbocycles. The van der Waals surface area contributed by atoms with Crippen LogP contribution in [0.3, 0.4) is 0 Å². The third-order valence-corrected chi connectivity index (χ3v) is 18.2. The van der Waals surface area contributed by atoms with Crippen LogP contribution in [-0.2, 0) is 12.8 Å². The Labute approximate surface area is 456 Å². The van der Waals surface area contributed by atoms with E-state index in [1.165, 1.54) is 88.7 Å². The Balaban J connectivity index is 0.844. The number of anilines is 2. The highest BCUT2D eigenvalue weighted by atomic mass is 15.2. The fraction of sp³-hybridized carbons (Fsp3) is 0.178. The molecular weight excluding hydrogens is 947 g/mol. The van der Waals surface area contributed by atoms with E-state index < -0.39 is 0 Å². The fourth-order valence-corrected chi connectivity index (χ4v) is 14.6. The Kier molecular flexibility index (Phi) is 10.7. The lowest BCUT2D eigenvalue weighted by Gasteiger charge is -2.33. The van der Waals surface area contributed by atoms with E-state index in [0.717, 1.165) is 61.2 Å². The second-order valence-electron chi connectivity index (χ2n) is 22.5. The third kappa shape index (κ3) is 7.50. The molecule has 8 aromatic carbocycles. The molecular formula is C73H59N5. The highest BCUT2D eigenvalue weighted by Crippen LogP contribution is 2.52. The molecule has 6 atom stereocenters. The van der Waals surface area contributed by atoms with E-state index in [2.05, 4.69) is 251 Å². The number of hydrogen-bond donors (Lipinski definition) is 0. The summed E-state index contributed by atoms with van der Waals surface area (Å²) < 4.78 is 2.61. The number of fused-ring (bicyclic) bond motifs is 10. The van der Waals surface area contributed by atoms with Gasteiger partial charge in [-0.25, -0.2) is 9.98 Å². The lowest BCUT2D eigenvalue weighted by molar-refractivity contribution is 0.478. The summed E-state index contributed by atoms with van der Waals surface area (Å²) in [6.07, 6.45) is 28.6.